The molecule has 0 radical (unpaired) electrons. The molecule has 0 spiro atoms. The van der Waals surface area contributed by atoms with Crippen LogP contribution in [0.1, 0.15) is 50.9 Å². The molecule has 26 heavy (non-hydrogen) atoms. The highest BCUT2D eigenvalue weighted by Gasteiger charge is 2.32. The molecule has 2 nitrogen and oxygen atoms in total. The lowest BCUT2D eigenvalue weighted by atomic mass is 9.90. The smallest absolute Gasteiger partial charge is 0.123 e. The van der Waals surface area contributed by atoms with Gasteiger partial charge in [-0.1, -0.05) is 52.0 Å². The lowest BCUT2D eigenvalue weighted by Crippen LogP contribution is -2.41. The molecule has 0 heterocycles. The van der Waals surface area contributed by atoms with E-state index < -0.39 is 0 Å². The van der Waals surface area contributed by atoms with E-state index in [4.69, 9.17) is 0 Å². The number of halogens is 2. The predicted octanol–water partition coefficient (Wildman–Crippen LogP) is 5.43. The molecule has 2 atom stereocenters. The van der Waals surface area contributed by atoms with Gasteiger partial charge < -0.3 is 0 Å². The van der Waals surface area contributed by atoms with Crippen LogP contribution < -0.4 is 0 Å². The Morgan fingerprint density at radius 2 is 1.00 bits per heavy atom. The molecule has 0 aliphatic rings. The Hall–Kier alpha value is -1.78. The number of hydrogen-bond acceptors (Lipinski definition) is 2. The molecular weight excluding hydrogens is 330 g/mol. The fraction of sp³-hybridized carbons (Fsp3) is 0.455. The monoisotopic (exact) mass is 360 g/mol. The first-order chi connectivity index (χ1) is 12.5. The maximum atomic E-state index is 14.0. The van der Waals surface area contributed by atoms with Crippen LogP contribution in [0.2, 0.25) is 0 Å². The topological polar surface area (TPSA) is 6.48 Å². The lowest BCUT2D eigenvalue weighted by molar-refractivity contribution is 0.0886. The van der Waals surface area contributed by atoms with Gasteiger partial charge in [0.1, 0.15) is 11.6 Å². The highest BCUT2D eigenvalue weighted by Crippen LogP contribution is 2.38. The zero-order chi connectivity index (χ0) is 19.1. The van der Waals surface area contributed by atoms with Crippen molar-refractivity contribution in [1.29, 1.82) is 0 Å². The molecule has 0 amide bonds. The van der Waals surface area contributed by atoms with Gasteiger partial charge in [-0.05, 0) is 61.6 Å². The van der Waals surface area contributed by atoms with Crippen LogP contribution in [0, 0.1) is 11.6 Å². The molecule has 0 saturated heterocycles. The van der Waals surface area contributed by atoms with Crippen molar-refractivity contribution in [1.82, 2.24) is 9.80 Å². The largest absolute Gasteiger partial charge is 0.295 e. The van der Waals surface area contributed by atoms with E-state index in [2.05, 4.69) is 37.5 Å². The van der Waals surface area contributed by atoms with Gasteiger partial charge >= 0.3 is 0 Å². The van der Waals surface area contributed by atoms with E-state index in [-0.39, 0.29) is 23.7 Å². The highest BCUT2D eigenvalue weighted by molar-refractivity contribution is 5.29. The van der Waals surface area contributed by atoms with Gasteiger partial charge in [0.05, 0.1) is 12.1 Å². The van der Waals surface area contributed by atoms with Crippen LogP contribution in [-0.2, 0) is 0 Å². The van der Waals surface area contributed by atoms with E-state index >= 15 is 0 Å². The van der Waals surface area contributed by atoms with Gasteiger partial charge in [0, 0.05) is 0 Å². The molecule has 2 rings (SSSR count). The summed E-state index contributed by atoms with van der Waals surface area (Å²) in [4.78, 5) is 4.64. The van der Waals surface area contributed by atoms with E-state index in [9.17, 15) is 8.78 Å². The molecule has 0 N–H and O–H groups in total. The summed E-state index contributed by atoms with van der Waals surface area (Å²) in [5, 5.41) is 0. The summed E-state index contributed by atoms with van der Waals surface area (Å²) in [6.07, 6.45) is 0. The summed E-state index contributed by atoms with van der Waals surface area (Å²) in [6.45, 7) is 11.8. The van der Waals surface area contributed by atoms with Crippen LogP contribution in [0.3, 0.4) is 0 Å². The van der Waals surface area contributed by atoms with E-state index in [1.165, 1.54) is 12.1 Å². The highest BCUT2D eigenvalue weighted by atomic mass is 19.1. The number of likely N-dealkylation sites (N-methyl/N-ethyl adjacent to an activating group) is 2. The van der Waals surface area contributed by atoms with Crippen LogP contribution >= 0.6 is 0 Å². The zero-order valence-electron chi connectivity index (χ0n) is 16.3. The Morgan fingerprint density at radius 3 is 1.27 bits per heavy atom. The summed E-state index contributed by atoms with van der Waals surface area (Å²) in [6, 6.07) is 13.5. The fourth-order valence-electron chi connectivity index (χ4n) is 3.80. The molecule has 2 aromatic carbocycles. The van der Waals surface area contributed by atoms with Crippen molar-refractivity contribution >= 4 is 0 Å². The summed E-state index contributed by atoms with van der Waals surface area (Å²) in [5.74, 6) is -0.477. The minimum atomic E-state index is -0.239. The standard InChI is InChI=1S/C22H30F2N2/c1-5-25(6-2)21(17-11-9-13-19(23)15-17)22(26(7-3)8-4)18-12-10-14-20(24)16-18/h9-16,21-22H,5-8H2,1-4H3. The molecule has 0 saturated carbocycles. The second kappa shape index (κ2) is 9.79. The van der Waals surface area contributed by atoms with Crippen LogP contribution in [0.15, 0.2) is 48.5 Å². The molecular formula is C22H30F2N2. The normalized spacial score (nSPS) is 14.0. The van der Waals surface area contributed by atoms with E-state index in [1.54, 1.807) is 24.3 Å². The first-order valence-corrected chi connectivity index (χ1v) is 9.54. The second-order valence-electron chi connectivity index (χ2n) is 6.44. The van der Waals surface area contributed by atoms with Gasteiger partial charge in [0.15, 0.2) is 0 Å². The number of nitrogens with zero attached hydrogens (tertiary/aromatic N) is 2. The molecule has 0 fully saturated rings. The molecule has 0 bridgehead atoms. The maximum Gasteiger partial charge on any atom is 0.123 e. The average Bonchev–Trinajstić information content (AvgIpc) is 2.64. The van der Waals surface area contributed by atoms with Crippen LogP contribution in [0.4, 0.5) is 8.78 Å². The Balaban J connectivity index is 2.63. The van der Waals surface area contributed by atoms with Gasteiger partial charge in [-0.2, -0.15) is 0 Å². The summed E-state index contributed by atoms with van der Waals surface area (Å²) < 4.78 is 28.0. The van der Waals surface area contributed by atoms with Gasteiger partial charge in [0.2, 0.25) is 0 Å². The first-order valence-electron chi connectivity index (χ1n) is 9.54. The predicted molar refractivity (Wildman–Crippen MR) is 104 cm³/mol. The van der Waals surface area contributed by atoms with Crippen molar-refractivity contribution in [3.05, 3.63) is 71.3 Å². The van der Waals surface area contributed by atoms with Crippen molar-refractivity contribution in [2.75, 3.05) is 26.2 Å². The Kier molecular flexibility index (Phi) is 7.73. The SMILES string of the molecule is CCN(CC)C(c1cccc(F)c1)C(c1cccc(F)c1)N(CC)CC. The van der Waals surface area contributed by atoms with Gasteiger partial charge in [-0.3, -0.25) is 9.80 Å². The Morgan fingerprint density at radius 1 is 0.654 bits per heavy atom. The minimum absolute atomic E-state index is 0.0533. The van der Waals surface area contributed by atoms with E-state index in [0.29, 0.717) is 0 Å². The molecule has 0 aliphatic carbocycles. The molecule has 4 heteroatoms. The summed E-state index contributed by atoms with van der Waals surface area (Å²) in [5.41, 5.74) is 1.85. The van der Waals surface area contributed by atoms with Crippen molar-refractivity contribution in [3.63, 3.8) is 0 Å². The number of benzene rings is 2. The minimum Gasteiger partial charge on any atom is -0.295 e. The molecule has 0 aromatic heterocycles. The molecule has 2 aromatic rings. The first kappa shape index (κ1) is 20.5. The molecule has 142 valence electrons. The zero-order valence-corrected chi connectivity index (χ0v) is 16.3. The van der Waals surface area contributed by atoms with Crippen molar-refractivity contribution in [2.24, 2.45) is 0 Å². The third kappa shape index (κ3) is 4.68. The van der Waals surface area contributed by atoms with Crippen LogP contribution in [0.5, 0.6) is 0 Å². The lowest BCUT2D eigenvalue weighted by Gasteiger charge is -2.42. The second-order valence-corrected chi connectivity index (χ2v) is 6.44. The van der Waals surface area contributed by atoms with Crippen LogP contribution in [-0.4, -0.2) is 36.0 Å². The number of hydrogen-bond donors (Lipinski definition) is 0. The fourth-order valence-corrected chi connectivity index (χ4v) is 3.80. The number of rotatable bonds is 9. The quantitative estimate of drug-likeness (QED) is 0.588. The third-order valence-electron chi connectivity index (χ3n) is 5.09. The van der Waals surface area contributed by atoms with Gasteiger partial charge in [-0.15, -0.1) is 0 Å². The Bertz CT molecular complexity index is 622. The molecule has 0 aliphatic heterocycles. The Labute approximate surface area is 156 Å². The van der Waals surface area contributed by atoms with Gasteiger partial charge in [-0.25, -0.2) is 8.78 Å². The third-order valence-corrected chi connectivity index (χ3v) is 5.09. The van der Waals surface area contributed by atoms with E-state index in [1.807, 2.05) is 12.1 Å². The summed E-state index contributed by atoms with van der Waals surface area (Å²) >= 11 is 0. The maximum absolute atomic E-state index is 14.0. The average molecular weight is 360 g/mol. The van der Waals surface area contributed by atoms with Gasteiger partial charge in [0.25, 0.3) is 0 Å². The summed E-state index contributed by atoms with van der Waals surface area (Å²) in [7, 11) is 0. The van der Waals surface area contributed by atoms with Crippen LogP contribution in [0.25, 0.3) is 0 Å². The molecule has 2 unspecified atom stereocenters. The van der Waals surface area contributed by atoms with Crippen molar-refractivity contribution in [3.8, 4) is 0 Å². The van der Waals surface area contributed by atoms with Crippen molar-refractivity contribution < 1.29 is 8.78 Å². The van der Waals surface area contributed by atoms with E-state index in [0.717, 1.165) is 37.3 Å². The van der Waals surface area contributed by atoms with Crippen molar-refractivity contribution in [2.45, 2.75) is 39.8 Å².